The van der Waals surface area contributed by atoms with E-state index < -0.39 is 5.92 Å². The van der Waals surface area contributed by atoms with Crippen LogP contribution in [0.15, 0.2) is 5.16 Å². The van der Waals surface area contributed by atoms with Crippen molar-refractivity contribution < 1.29 is 10.0 Å². The first-order valence-corrected chi connectivity index (χ1v) is 7.91. The number of nitrogens with zero attached hydrogens (tertiary/aromatic N) is 1. The highest BCUT2D eigenvalue weighted by molar-refractivity contribution is 6.02. The molecule has 2 fully saturated rings. The Morgan fingerprint density at radius 3 is 2.43 bits per heavy atom. The second-order valence-corrected chi connectivity index (χ2v) is 8.10. The molecule has 4 atom stereocenters. The zero-order chi connectivity index (χ0) is 16.0. The van der Waals surface area contributed by atoms with Gasteiger partial charge < -0.3 is 16.3 Å². The van der Waals surface area contributed by atoms with Gasteiger partial charge in [0.05, 0.1) is 0 Å². The quantitative estimate of drug-likeness (QED) is 0.322. The first-order valence-electron chi connectivity index (χ1n) is 7.91. The van der Waals surface area contributed by atoms with E-state index in [9.17, 15) is 4.79 Å². The van der Waals surface area contributed by atoms with Gasteiger partial charge in [0.15, 0.2) is 5.84 Å². The van der Waals surface area contributed by atoms with Crippen LogP contribution in [0, 0.1) is 28.6 Å². The van der Waals surface area contributed by atoms with E-state index in [1.54, 1.807) is 0 Å². The van der Waals surface area contributed by atoms with Crippen LogP contribution in [0.2, 0.25) is 0 Å². The number of amides is 1. The predicted molar refractivity (Wildman–Crippen MR) is 82.9 cm³/mol. The van der Waals surface area contributed by atoms with E-state index in [2.05, 4.69) is 31.2 Å². The van der Waals surface area contributed by atoms with Crippen LogP contribution in [0.3, 0.4) is 0 Å². The lowest BCUT2D eigenvalue weighted by molar-refractivity contribution is -0.126. The minimum absolute atomic E-state index is 0.00425. The molecule has 5 heteroatoms. The maximum Gasteiger partial charge on any atom is 0.231 e. The Balaban J connectivity index is 2.19. The lowest BCUT2D eigenvalue weighted by atomic mass is 9.68. The summed E-state index contributed by atoms with van der Waals surface area (Å²) in [5, 5.41) is 15.2. The molecular formula is C16H29N3O2. The smallest absolute Gasteiger partial charge is 0.231 e. The van der Waals surface area contributed by atoms with Gasteiger partial charge in [-0.2, -0.15) is 0 Å². The number of carbonyl (C=O) groups excluding carboxylic acids is 1. The van der Waals surface area contributed by atoms with E-state index >= 15 is 0 Å². The van der Waals surface area contributed by atoms with Gasteiger partial charge in [-0.1, -0.05) is 39.8 Å². The lowest BCUT2D eigenvalue weighted by Gasteiger charge is -2.43. The fourth-order valence-corrected chi connectivity index (χ4v) is 4.74. The maximum atomic E-state index is 12.7. The number of amidine groups is 1. The van der Waals surface area contributed by atoms with E-state index in [1.165, 1.54) is 19.3 Å². The van der Waals surface area contributed by atoms with Crippen LogP contribution in [-0.2, 0) is 4.79 Å². The van der Waals surface area contributed by atoms with Crippen molar-refractivity contribution in [3.63, 3.8) is 0 Å². The third kappa shape index (κ3) is 2.51. The number of oxime groups is 1. The number of nitrogens with two attached hydrogens (primary N) is 1. The van der Waals surface area contributed by atoms with Crippen LogP contribution in [0.4, 0.5) is 0 Å². The summed E-state index contributed by atoms with van der Waals surface area (Å²) < 4.78 is 0. The van der Waals surface area contributed by atoms with Gasteiger partial charge in [-0.15, -0.1) is 0 Å². The monoisotopic (exact) mass is 295 g/mol. The Bertz CT molecular complexity index is 454. The molecule has 0 spiro atoms. The molecule has 1 amide bonds. The van der Waals surface area contributed by atoms with Gasteiger partial charge in [-0.05, 0) is 41.9 Å². The van der Waals surface area contributed by atoms with Crippen LogP contribution in [0.25, 0.3) is 0 Å². The van der Waals surface area contributed by atoms with Crippen molar-refractivity contribution in [2.75, 3.05) is 0 Å². The molecule has 0 aromatic rings. The van der Waals surface area contributed by atoms with Crippen molar-refractivity contribution in [1.82, 2.24) is 5.32 Å². The fourth-order valence-electron chi connectivity index (χ4n) is 4.74. The zero-order valence-electron chi connectivity index (χ0n) is 13.8. The Hall–Kier alpha value is -1.26. The Labute approximate surface area is 127 Å². The molecule has 0 saturated heterocycles. The Morgan fingerprint density at radius 1 is 1.38 bits per heavy atom. The first kappa shape index (κ1) is 16.1. The van der Waals surface area contributed by atoms with Crippen LogP contribution < -0.4 is 11.1 Å². The Morgan fingerprint density at radius 2 is 2.00 bits per heavy atom. The van der Waals surface area contributed by atoms with Crippen molar-refractivity contribution >= 4 is 11.7 Å². The summed E-state index contributed by atoms with van der Waals surface area (Å²) in [6.45, 7) is 10.6. The van der Waals surface area contributed by atoms with Crippen molar-refractivity contribution in [2.24, 2.45) is 39.5 Å². The molecule has 0 aliphatic heterocycles. The Kier molecular flexibility index (Phi) is 3.98. The number of hydrogen-bond donors (Lipinski definition) is 3. The normalized spacial score (nSPS) is 36.0. The number of nitrogens with one attached hydrogen (secondary N) is 1. The number of rotatable bonds is 4. The minimum atomic E-state index is -0.575. The van der Waals surface area contributed by atoms with Crippen LogP contribution in [0.5, 0.6) is 0 Å². The minimum Gasteiger partial charge on any atom is -0.409 e. The predicted octanol–water partition coefficient (Wildman–Crippen LogP) is 2.34. The molecule has 2 saturated carbocycles. The van der Waals surface area contributed by atoms with Crippen molar-refractivity contribution in [1.29, 1.82) is 0 Å². The molecule has 2 bridgehead atoms. The van der Waals surface area contributed by atoms with Crippen molar-refractivity contribution in [3.05, 3.63) is 0 Å². The average molecular weight is 295 g/mol. The van der Waals surface area contributed by atoms with Gasteiger partial charge in [0.25, 0.3) is 0 Å². The summed E-state index contributed by atoms with van der Waals surface area (Å²) in [5.74, 6) is -0.0288. The molecule has 4 unspecified atom stereocenters. The molecule has 4 N–H and O–H groups in total. The fraction of sp³-hybridized carbons (Fsp3) is 0.875. The maximum absolute atomic E-state index is 12.7. The molecule has 5 nitrogen and oxygen atoms in total. The second kappa shape index (κ2) is 5.18. The van der Waals surface area contributed by atoms with E-state index in [0.29, 0.717) is 5.92 Å². The van der Waals surface area contributed by atoms with Crippen LogP contribution >= 0.6 is 0 Å². The molecule has 0 radical (unpaired) electrons. The molecule has 0 heterocycles. The number of carbonyl (C=O) groups is 1. The van der Waals surface area contributed by atoms with Gasteiger partial charge in [0.1, 0.15) is 5.92 Å². The summed E-state index contributed by atoms with van der Waals surface area (Å²) >= 11 is 0. The topological polar surface area (TPSA) is 87.7 Å². The summed E-state index contributed by atoms with van der Waals surface area (Å²) in [4.78, 5) is 12.7. The van der Waals surface area contributed by atoms with E-state index in [4.69, 9.17) is 10.9 Å². The summed E-state index contributed by atoms with van der Waals surface area (Å²) in [7, 11) is 0. The highest BCUT2D eigenvalue weighted by Crippen LogP contribution is 2.62. The third-order valence-electron chi connectivity index (χ3n) is 5.94. The highest BCUT2D eigenvalue weighted by Gasteiger charge is 2.59. The molecule has 120 valence electrons. The second-order valence-electron chi connectivity index (χ2n) is 8.10. The summed E-state index contributed by atoms with van der Waals surface area (Å²) in [6, 6.07) is 0.156. The standard InChI is InChI=1S/C16H29N3O2/c1-9(2)11(12(17)19-21)13(20)18-14-15(3,4)10-6-7-16(14,5)8-10/h9-11,14,21H,6-8H2,1-5H3,(H2,17,19)(H,18,20). The van der Waals surface area contributed by atoms with Crippen LogP contribution in [0.1, 0.15) is 53.9 Å². The molecule has 2 rings (SSSR count). The molecule has 21 heavy (non-hydrogen) atoms. The molecule has 2 aliphatic carbocycles. The van der Waals surface area contributed by atoms with E-state index in [0.717, 1.165) is 0 Å². The molecule has 2 aliphatic rings. The first-order chi connectivity index (χ1) is 9.63. The van der Waals surface area contributed by atoms with Gasteiger partial charge in [-0.25, -0.2) is 0 Å². The zero-order valence-corrected chi connectivity index (χ0v) is 13.8. The number of fused-ring (bicyclic) bond motifs is 2. The van der Waals surface area contributed by atoms with E-state index in [-0.39, 0.29) is 34.5 Å². The van der Waals surface area contributed by atoms with Gasteiger partial charge in [0.2, 0.25) is 5.91 Å². The van der Waals surface area contributed by atoms with Crippen LogP contribution in [-0.4, -0.2) is 23.0 Å². The molecule has 0 aromatic carbocycles. The van der Waals surface area contributed by atoms with Gasteiger partial charge in [0, 0.05) is 6.04 Å². The van der Waals surface area contributed by atoms with Gasteiger partial charge >= 0.3 is 0 Å². The third-order valence-corrected chi connectivity index (χ3v) is 5.94. The highest BCUT2D eigenvalue weighted by atomic mass is 16.4. The SMILES string of the molecule is CC(C)C(C(=O)NC1C2(C)CCC(C2)C1(C)C)C(N)=NO. The van der Waals surface area contributed by atoms with E-state index in [1.807, 2.05) is 13.8 Å². The molecule has 0 aromatic heterocycles. The summed E-state index contributed by atoms with van der Waals surface area (Å²) in [5.41, 5.74) is 5.99. The van der Waals surface area contributed by atoms with Crippen molar-refractivity contribution in [3.8, 4) is 0 Å². The average Bonchev–Trinajstić information content (AvgIpc) is 2.85. The van der Waals surface area contributed by atoms with Gasteiger partial charge in [-0.3, -0.25) is 4.79 Å². The summed E-state index contributed by atoms with van der Waals surface area (Å²) in [6.07, 6.45) is 3.60. The largest absolute Gasteiger partial charge is 0.409 e. The molecular weight excluding hydrogens is 266 g/mol. The van der Waals surface area contributed by atoms with Crippen molar-refractivity contribution in [2.45, 2.75) is 59.9 Å². The lowest BCUT2D eigenvalue weighted by Crippen LogP contribution is -2.55. The number of hydrogen-bond acceptors (Lipinski definition) is 3.